The number of fused-ring (bicyclic) bond motifs is 1. The molecule has 0 spiro atoms. The molecule has 0 heterocycles. The van der Waals surface area contributed by atoms with E-state index in [1.165, 1.54) is 12.0 Å². The lowest BCUT2D eigenvalue weighted by Crippen LogP contribution is -2.31. The number of ketones is 1. The second-order valence-electron chi connectivity index (χ2n) is 4.97. The van der Waals surface area contributed by atoms with Gasteiger partial charge in [0.05, 0.1) is 0 Å². The molecule has 2 heteroatoms. The highest BCUT2D eigenvalue weighted by Gasteiger charge is 2.45. The highest BCUT2D eigenvalue weighted by Crippen LogP contribution is 2.54. The Labute approximate surface area is 91.7 Å². The van der Waals surface area contributed by atoms with Gasteiger partial charge in [0, 0.05) is 20.1 Å². The average molecular weight is 208 g/mol. The Morgan fingerprint density at radius 3 is 3.07 bits per heavy atom. The van der Waals surface area contributed by atoms with Gasteiger partial charge in [-0.15, -0.1) is 0 Å². The minimum Gasteiger partial charge on any atom is -0.385 e. The smallest absolute Gasteiger partial charge is 0.155 e. The lowest BCUT2D eigenvalue weighted by atomic mass is 9.67. The van der Waals surface area contributed by atoms with Gasteiger partial charge < -0.3 is 4.74 Å². The summed E-state index contributed by atoms with van der Waals surface area (Å²) in [6, 6.07) is 0. The lowest BCUT2D eigenvalue weighted by Gasteiger charge is -2.37. The maximum absolute atomic E-state index is 11.4. The minimum atomic E-state index is 0.296. The largest absolute Gasteiger partial charge is 0.385 e. The van der Waals surface area contributed by atoms with E-state index >= 15 is 0 Å². The second kappa shape index (κ2) is 4.09. The first-order valence-electron chi connectivity index (χ1n) is 5.92. The van der Waals surface area contributed by atoms with E-state index in [0.29, 0.717) is 17.1 Å². The van der Waals surface area contributed by atoms with Crippen molar-refractivity contribution in [3.8, 4) is 0 Å². The highest BCUT2D eigenvalue weighted by atomic mass is 16.5. The van der Waals surface area contributed by atoms with Gasteiger partial charge in [-0.1, -0.05) is 12.5 Å². The SMILES string of the molecule is COCCC12CCC(=O)C=C1CCC2C. The third-order valence-electron chi connectivity index (χ3n) is 4.33. The Kier molecular flexibility index (Phi) is 2.96. The van der Waals surface area contributed by atoms with Gasteiger partial charge in [-0.2, -0.15) is 0 Å². The van der Waals surface area contributed by atoms with Crippen LogP contribution in [0.15, 0.2) is 11.6 Å². The lowest BCUT2D eigenvalue weighted by molar-refractivity contribution is -0.116. The van der Waals surface area contributed by atoms with Crippen molar-refractivity contribution in [3.05, 3.63) is 11.6 Å². The number of ether oxygens (including phenoxy) is 1. The molecule has 2 rings (SSSR count). The van der Waals surface area contributed by atoms with Crippen molar-refractivity contribution in [1.29, 1.82) is 0 Å². The summed E-state index contributed by atoms with van der Waals surface area (Å²) in [6.45, 7) is 3.14. The van der Waals surface area contributed by atoms with E-state index in [4.69, 9.17) is 4.74 Å². The first-order valence-corrected chi connectivity index (χ1v) is 5.92. The molecule has 2 aliphatic rings. The number of hydrogen-bond donors (Lipinski definition) is 0. The summed E-state index contributed by atoms with van der Waals surface area (Å²) < 4.78 is 5.21. The molecule has 1 fully saturated rings. The van der Waals surface area contributed by atoms with Gasteiger partial charge in [-0.25, -0.2) is 0 Å². The van der Waals surface area contributed by atoms with Gasteiger partial charge >= 0.3 is 0 Å². The number of methoxy groups -OCH3 is 1. The fourth-order valence-electron chi connectivity index (χ4n) is 3.27. The van der Waals surface area contributed by atoms with Crippen molar-refractivity contribution in [1.82, 2.24) is 0 Å². The van der Waals surface area contributed by atoms with Crippen molar-refractivity contribution in [3.63, 3.8) is 0 Å². The summed E-state index contributed by atoms with van der Waals surface area (Å²) in [7, 11) is 1.76. The molecule has 0 radical (unpaired) electrons. The number of carbonyl (C=O) groups excluding carboxylic acids is 1. The molecule has 1 saturated carbocycles. The monoisotopic (exact) mass is 208 g/mol. The molecule has 0 N–H and O–H groups in total. The Hall–Kier alpha value is -0.630. The first kappa shape index (κ1) is 10.9. The Balaban J connectivity index is 2.23. The molecule has 0 aliphatic heterocycles. The molecular weight excluding hydrogens is 188 g/mol. The van der Waals surface area contributed by atoms with Crippen molar-refractivity contribution < 1.29 is 9.53 Å². The maximum atomic E-state index is 11.4. The number of allylic oxidation sites excluding steroid dienone is 2. The average Bonchev–Trinajstić information content (AvgIpc) is 2.54. The van der Waals surface area contributed by atoms with E-state index in [1.807, 2.05) is 6.08 Å². The predicted octanol–water partition coefficient (Wildman–Crippen LogP) is 2.73. The van der Waals surface area contributed by atoms with Crippen LogP contribution in [0.4, 0.5) is 0 Å². The first-order chi connectivity index (χ1) is 7.19. The van der Waals surface area contributed by atoms with Gasteiger partial charge in [-0.05, 0) is 43.1 Å². The van der Waals surface area contributed by atoms with Gasteiger partial charge in [0.25, 0.3) is 0 Å². The number of carbonyl (C=O) groups is 1. The van der Waals surface area contributed by atoms with Crippen LogP contribution in [0.3, 0.4) is 0 Å². The Bertz CT molecular complexity index is 293. The van der Waals surface area contributed by atoms with Crippen LogP contribution in [0, 0.1) is 11.3 Å². The molecular formula is C13H20O2. The molecule has 0 saturated heterocycles. The molecule has 0 aromatic rings. The van der Waals surface area contributed by atoms with Gasteiger partial charge in [-0.3, -0.25) is 4.79 Å². The fourth-order valence-corrected chi connectivity index (χ4v) is 3.27. The quantitative estimate of drug-likeness (QED) is 0.713. The van der Waals surface area contributed by atoms with Crippen LogP contribution < -0.4 is 0 Å². The molecule has 84 valence electrons. The third-order valence-corrected chi connectivity index (χ3v) is 4.33. The van der Waals surface area contributed by atoms with Crippen molar-refractivity contribution in [2.45, 2.75) is 39.0 Å². The van der Waals surface area contributed by atoms with Gasteiger partial charge in [0.15, 0.2) is 5.78 Å². The fraction of sp³-hybridized carbons (Fsp3) is 0.769. The van der Waals surface area contributed by atoms with Crippen molar-refractivity contribution in [2.24, 2.45) is 11.3 Å². The molecule has 15 heavy (non-hydrogen) atoms. The summed E-state index contributed by atoms with van der Waals surface area (Å²) in [5.41, 5.74) is 1.70. The van der Waals surface area contributed by atoms with Crippen LogP contribution in [-0.4, -0.2) is 19.5 Å². The molecule has 0 aromatic carbocycles. The molecule has 0 amide bonds. The molecule has 2 nitrogen and oxygen atoms in total. The Morgan fingerprint density at radius 1 is 1.53 bits per heavy atom. The number of rotatable bonds is 3. The number of hydrogen-bond acceptors (Lipinski definition) is 2. The van der Waals surface area contributed by atoms with Crippen LogP contribution in [0.2, 0.25) is 0 Å². The summed E-state index contributed by atoms with van der Waals surface area (Å²) in [5.74, 6) is 1.04. The summed E-state index contributed by atoms with van der Waals surface area (Å²) in [4.78, 5) is 11.4. The zero-order chi connectivity index (χ0) is 10.9. The standard InChI is InChI=1S/C13H20O2/c1-10-3-4-11-9-12(14)5-6-13(10,11)7-8-15-2/h9-10H,3-8H2,1-2H3. The zero-order valence-electron chi connectivity index (χ0n) is 9.71. The summed E-state index contributed by atoms with van der Waals surface area (Å²) >= 11 is 0. The van der Waals surface area contributed by atoms with Crippen LogP contribution >= 0.6 is 0 Å². The van der Waals surface area contributed by atoms with E-state index in [0.717, 1.165) is 32.3 Å². The van der Waals surface area contributed by atoms with E-state index in [1.54, 1.807) is 7.11 Å². The van der Waals surface area contributed by atoms with Crippen molar-refractivity contribution in [2.75, 3.05) is 13.7 Å². The van der Waals surface area contributed by atoms with E-state index in [9.17, 15) is 4.79 Å². The van der Waals surface area contributed by atoms with Crippen LogP contribution in [-0.2, 0) is 9.53 Å². The molecule has 2 aliphatic carbocycles. The molecule has 0 bridgehead atoms. The zero-order valence-corrected chi connectivity index (χ0v) is 9.71. The second-order valence-corrected chi connectivity index (χ2v) is 4.97. The van der Waals surface area contributed by atoms with E-state index < -0.39 is 0 Å². The normalized spacial score (nSPS) is 35.2. The van der Waals surface area contributed by atoms with Crippen molar-refractivity contribution >= 4 is 5.78 Å². The predicted molar refractivity (Wildman–Crippen MR) is 59.6 cm³/mol. The topological polar surface area (TPSA) is 26.3 Å². The Morgan fingerprint density at radius 2 is 2.33 bits per heavy atom. The van der Waals surface area contributed by atoms with Gasteiger partial charge in [0.2, 0.25) is 0 Å². The molecule has 2 atom stereocenters. The van der Waals surface area contributed by atoms with Gasteiger partial charge in [0.1, 0.15) is 0 Å². The van der Waals surface area contributed by atoms with E-state index in [2.05, 4.69) is 6.92 Å². The van der Waals surface area contributed by atoms with Crippen LogP contribution in [0.1, 0.15) is 39.0 Å². The summed E-state index contributed by atoms with van der Waals surface area (Å²) in [6.07, 6.45) is 7.14. The van der Waals surface area contributed by atoms with E-state index in [-0.39, 0.29) is 0 Å². The summed E-state index contributed by atoms with van der Waals surface area (Å²) in [5, 5.41) is 0. The highest BCUT2D eigenvalue weighted by molar-refractivity contribution is 5.91. The third kappa shape index (κ3) is 1.76. The van der Waals surface area contributed by atoms with Crippen LogP contribution in [0.25, 0.3) is 0 Å². The maximum Gasteiger partial charge on any atom is 0.155 e. The minimum absolute atomic E-state index is 0.296. The van der Waals surface area contributed by atoms with Crippen LogP contribution in [0.5, 0.6) is 0 Å². The molecule has 2 unspecified atom stereocenters. The molecule has 0 aromatic heterocycles.